The van der Waals surface area contributed by atoms with E-state index in [1.165, 1.54) is 13.0 Å². The Balaban J connectivity index is 4.71. The molecule has 0 aromatic heterocycles. The fourth-order valence-electron chi connectivity index (χ4n) is 1.63. The summed E-state index contributed by atoms with van der Waals surface area (Å²) < 4.78 is 5.36. The third-order valence-corrected chi connectivity index (χ3v) is 2.73. The van der Waals surface area contributed by atoms with Crippen LogP contribution in [-0.4, -0.2) is 12.1 Å². The molecule has 0 spiro atoms. The average molecular weight is 237 g/mol. The topological polar surface area (TPSA) is 50.1 Å². The summed E-state index contributed by atoms with van der Waals surface area (Å²) in [6, 6.07) is 1.98. The zero-order valence-electron chi connectivity index (χ0n) is 11.5. The Kier molecular flexibility index (Phi) is 6.57. The van der Waals surface area contributed by atoms with Gasteiger partial charge in [0.25, 0.3) is 0 Å². The lowest BCUT2D eigenvalue weighted by atomic mass is 9.82. The molecule has 0 fully saturated rings. The van der Waals surface area contributed by atoms with Crippen molar-refractivity contribution in [2.75, 3.05) is 0 Å². The number of allylic oxidation sites excluding steroid dienone is 1. The van der Waals surface area contributed by atoms with Crippen molar-refractivity contribution < 1.29 is 9.53 Å². The van der Waals surface area contributed by atoms with Gasteiger partial charge in [-0.3, -0.25) is 4.79 Å². The molecule has 0 heterocycles. The van der Waals surface area contributed by atoms with E-state index in [-0.39, 0.29) is 17.5 Å². The summed E-state index contributed by atoms with van der Waals surface area (Å²) in [6.45, 7) is 9.67. The van der Waals surface area contributed by atoms with Crippen molar-refractivity contribution in [2.45, 2.75) is 53.6 Å². The standard InChI is InChI=1S/C14H23NO2/c1-11(2)7-8-13(17-12(3)16)14(4,5)9-6-10-15/h6,9,11,13H,7-8H2,1-5H3/b9-6+. The van der Waals surface area contributed by atoms with Gasteiger partial charge in [0.05, 0.1) is 6.07 Å². The van der Waals surface area contributed by atoms with E-state index in [0.717, 1.165) is 12.8 Å². The molecule has 0 saturated heterocycles. The normalized spacial score (nSPS) is 13.7. The Hall–Kier alpha value is -1.30. The highest BCUT2D eigenvalue weighted by Crippen LogP contribution is 2.29. The number of esters is 1. The van der Waals surface area contributed by atoms with Gasteiger partial charge < -0.3 is 4.74 Å². The lowest BCUT2D eigenvalue weighted by molar-refractivity contribution is -0.151. The minimum absolute atomic E-state index is 0.174. The van der Waals surface area contributed by atoms with E-state index in [1.54, 1.807) is 6.08 Å². The van der Waals surface area contributed by atoms with Crippen LogP contribution in [0.4, 0.5) is 0 Å². The number of carbonyl (C=O) groups excluding carboxylic acids is 1. The molecule has 0 N–H and O–H groups in total. The van der Waals surface area contributed by atoms with Gasteiger partial charge in [0.15, 0.2) is 0 Å². The summed E-state index contributed by atoms with van der Waals surface area (Å²) in [5, 5.41) is 8.57. The Morgan fingerprint density at radius 3 is 2.41 bits per heavy atom. The van der Waals surface area contributed by atoms with Crippen LogP contribution in [0.5, 0.6) is 0 Å². The van der Waals surface area contributed by atoms with Crippen molar-refractivity contribution in [3.8, 4) is 6.07 Å². The first-order chi connectivity index (χ1) is 7.79. The van der Waals surface area contributed by atoms with Crippen molar-refractivity contribution in [1.29, 1.82) is 5.26 Å². The molecule has 0 bridgehead atoms. The molecule has 17 heavy (non-hydrogen) atoms. The first kappa shape index (κ1) is 15.7. The average Bonchev–Trinajstić information content (AvgIpc) is 2.20. The largest absolute Gasteiger partial charge is 0.462 e. The van der Waals surface area contributed by atoms with Crippen molar-refractivity contribution in [1.82, 2.24) is 0 Å². The van der Waals surface area contributed by atoms with Crippen LogP contribution in [0.2, 0.25) is 0 Å². The summed E-state index contributed by atoms with van der Waals surface area (Å²) in [4.78, 5) is 11.1. The quantitative estimate of drug-likeness (QED) is 0.525. The number of hydrogen-bond acceptors (Lipinski definition) is 3. The second-order valence-electron chi connectivity index (χ2n) is 5.35. The van der Waals surface area contributed by atoms with Crippen LogP contribution in [-0.2, 0) is 9.53 Å². The number of rotatable bonds is 6. The fourth-order valence-corrected chi connectivity index (χ4v) is 1.63. The monoisotopic (exact) mass is 237 g/mol. The highest BCUT2D eigenvalue weighted by atomic mass is 16.5. The molecule has 3 nitrogen and oxygen atoms in total. The van der Waals surface area contributed by atoms with Crippen LogP contribution in [0.25, 0.3) is 0 Å². The third kappa shape index (κ3) is 6.78. The van der Waals surface area contributed by atoms with Gasteiger partial charge in [-0.1, -0.05) is 33.8 Å². The van der Waals surface area contributed by atoms with Crippen LogP contribution in [0, 0.1) is 22.7 Å². The zero-order chi connectivity index (χ0) is 13.5. The number of nitriles is 1. The van der Waals surface area contributed by atoms with Gasteiger partial charge in [-0.2, -0.15) is 5.26 Å². The molecule has 0 aliphatic rings. The SMILES string of the molecule is CC(=O)OC(CCC(C)C)C(C)(C)/C=C/C#N. The molecular formula is C14H23NO2. The van der Waals surface area contributed by atoms with Gasteiger partial charge >= 0.3 is 5.97 Å². The van der Waals surface area contributed by atoms with Crippen LogP contribution >= 0.6 is 0 Å². The molecule has 0 aliphatic heterocycles. The van der Waals surface area contributed by atoms with E-state index in [4.69, 9.17) is 10.00 Å². The number of nitrogens with zero attached hydrogens (tertiary/aromatic N) is 1. The molecule has 0 radical (unpaired) electrons. The van der Waals surface area contributed by atoms with Crippen molar-refractivity contribution >= 4 is 5.97 Å². The Morgan fingerprint density at radius 1 is 1.41 bits per heavy atom. The predicted molar refractivity (Wildman–Crippen MR) is 68.2 cm³/mol. The number of carbonyl (C=O) groups is 1. The molecular weight excluding hydrogens is 214 g/mol. The second-order valence-corrected chi connectivity index (χ2v) is 5.35. The molecule has 3 heteroatoms. The molecule has 0 aromatic rings. The summed E-state index contributed by atoms with van der Waals surface area (Å²) in [6.07, 6.45) is 4.90. The maximum atomic E-state index is 11.1. The first-order valence-electron chi connectivity index (χ1n) is 6.04. The fraction of sp³-hybridized carbons (Fsp3) is 0.714. The lowest BCUT2D eigenvalue weighted by Crippen LogP contribution is -2.32. The van der Waals surface area contributed by atoms with Gasteiger partial charge in [-0.05, 0) is 18.8 Å². The van der Waals surface area contributed by atoms with Crippen LogP contribution < -0.4 is 0 Å². The summed E-state index contributed by atoms with van der Waals surface area (Å²) >= 11 is 0. The van der Waals surface area contributed by atoms with Gasteiger partial charge in [0.2, 0.25) is 0 Å². The van der Waals surface area contributed by atoms with Crippen molar-refractivity contribution in [3.63, 3.8) is 0 Å². The Morgan fingerprint density at radius 2 is 2.00 bits per heavy atom. The van der Waals surface area contributed by atoms with Crippen LogP contribution in [0.3, 0.4) is 0 Å². The van der Waals surface area contributed by atoms with Gasteiger partial charge in [-0.25, -0.2) is 0 Å². The predicted octanol–water partition coefficient (Wildman–Crippen LogP) is 3.46. The van der Waals surface area contributed by atoms with E-state index in [1.807, 2.05) is 19.9 Å². The minimum Gasteiger partial charge on any atom is -0.462 e. The van der Waals surface area contributed by atoms with Crippen LogP contribution in [0.15, 0.2) is 12.2 Å². The second kappa shape index (κ2) is 7.11. The van der Waals surface area contributed by atoms with E-state index < -0.39 is 0 Å². The highest BCUT2D eigenvalue weighted by molar-refractivity contribution is 5.66. The maximum Gasteiger partial charge on any atom is 0.302 e. The van der Waals surface area contributed by atoms with Gasteiger partial charge in [-0.15, -0.1) is 0 Å². The molecule has 1 unspecified atom stereocenters. The maximum absolute atomic E-state index is 11.1. The first-order valence-corrected chi connectivity index (χ1v) is 6.04. The van der Waals surface area contributed by atoms with Crippen LogP contribution in [0.1, 0.15) is 47.5 Å². The molecule has 0 amide bonds. The third-order valence-electron chi connectivity index (χ3n) is 2.73. The summed E-state index contributed by atoms with van der Waals surface area (Å²) in [5.41, 5.74) is -0.309. The summed E-state index contributed by atoms with van der Waals surface area (Å²) in [5.74, 6) is 0.306. The number of ether oxygens (including phenoxy) is 1. The summed E-state index contributed by atoms with van der Waals surface area (Å²) in [7, 11) is 0. The van der Waals surface area contributed by atoms with E-state index in [0.29, 0.717) is 5.92 Å². The Bertz CT molecular complexity index is 311. The van der Waals surface area contributed by atoms with E-state index in [2.05, 4.69) is 13.8 Å². The van der Waals surface area contributed by atoms with Gasteiger partial charge in [0, 0.05) is 18.4 Å². The smallest absolute Gasteiger partial charge is 0.302 e. The molecule has 1 atom stereocenters. The van der Waals surface area contributed by atoms with Crippen molar-refractivity contribution in [3.05, 3.63) is 12.2 Å². The van der Waals surface area contributed by atoms with E-state index in [9.17, 15) is 4.79 Å². The van der Waals surface area contributed by atoms with Gasteiger partial charge in [0.1, 0.15) is 6.10 Å². The minimum atomic E-state index is -0.309. The molecule has 0 aliphatic carbocycles. The molecule has 0 rings (SSSR count). The zero-order valence-corrected chi connectivity index (χ0v) is 11.5. The van der Waals surface area contributed by atoms with E-state index >= 15 is 0 Å². The molecule has 0 saturated carbocycles. The molecule has 0 aromatic carbocycles. The Labute approximate surface area is 104 Å². The number of hydrogen-bond donors (Lipinski definition) is 0. The highest BCUT2D eigenvalue weighted by Gasteiger charge is 2.29. The lowest BCUT2D eigenvalue weighted by Gasteiger charge is -2.31. The van der Waals surface area contributed by atoms with Crippen molar-refractivity contribution in [2.24, 2.45) is 11.3 Å². The molecule has 96 valence electrons.